The van der Waals surface area contributed by atoms with E-state index in [9.17, 15) is 14.4 Å². The van der Waals surface area contributed by atoms with Gasteiger partial charge in [-0.05, 0) is 49.6 Å². The molecule has 1 N–H and O–H groups in total. The minimum atomic E-state index is -0.647. The number of nitrogens with one attached hydrogen (secondary N) is 1. The van der Waals surface area contributed by atoms with Crippen LogP contribution in [0.5, 0.6) is 5.75 Å². The standard InChI is InChI=1S/C23H26N2O5/c1-2-18-23(28)25(14-21(26)24-16-7-4-3-5-8-16)17-13-15(10-11-19(17)30-18)22(27)20-9-6-12-29-20/h6,9-13,16,18H,2-5,7-8,14H2,1H3,(H,24,26)/t18-/m0/s1. The van der Waals surface area contributed by atoms with Crippen molar-refractivity contribution >= 4 is 23.3 Å². The fourth-order valence-electron chi connectivity index (χ4n) is 4.10. The van der Waals surface area contributed by atoms with Crippen molar-refractivity contribution in [1.29, 1.82) is 0 Å². The summed E-state index contributed by atoms with van der Waals surface area (Å²) in [5.41, 5.74) is 0.800. The molecule has 1 aromatic heterocycles. The summed E-state index contributed by atoms with van der Waals surface area (Å²) in [4.78, 5) is 39.8. The van der Waals surface area contributed by atoms with Crippen LogP contribution in [0.4, 0.5) is 5.69 Å². The highest BCUT2D eigenvalue weighted by atomic mass is 16.5. The van der Waals surface area contributed by atoms with Crippen LogP contribution in [-0.4, -0.2) is 36.3 Å². The van der Waals surface area contributed by atoms with Gasteiger partial charge in [-0.15, -0.1) is 0 Å². The molecule has 30 heavy (non-hydrogen) atoms. The van der Waals surface area contributed by atoms with E-state index in [1.807, 2.05) is 6.92 Å². The van der Waals surface area contributed by atoms with Crippen LogP contribution in [-0.2, 0) is 9.59 Å². The van der Waals surface area contributed by atoms with Crippen molar-refractivity contribution in [1.82, 2.24) is 5.32 Å². The number of ketones is 1. The molecule has 1 aliphatic carbocycles. The van der Waals surface area contributed by atoms with Gasteiger partial charge in [0.1, 0.15) is 12.3 Å². The molecular formula is C23H26N2O5. The zero-order valence-corrected chi connectivity index (χ0v) is 17.1. The van der Waals surface area contributed by atoms with E-state index in [-0.39, 0.29) is 35.9 Å². The SMILES string of the molecule is CC[C@@H]1Oc2ccc(C(=O)c3ccco3)cc2N(CC(=O)NC2CCCCC2)C1=O. The lowest BCUT2D eigenvalue weighted by atomic mass is 9.95. The topological polar surface area (TPSA) is 88.8 Å². The molecule has 1 saturated carbocycles. The minimum Gasteiger partial charge on any atom is -0.478 e. The molecule has 0 unspecified atom stereocenters. The third kappa shape index (κ3) is 4.10. The first-order valence-electron chi connectivity index (χ1n) is 10.6. The maximum absolute atomic E-state index is 13.0. The highest BCUT2D eigenvalue weighted by molar-refractivity contribution is 6.10. The van der Waals surface area contributed by atoms with Gasteiger partial charge >= 0.3 is 0 Å². The quantitative estimate of drug-likeness (QED) is 0.737. The first kappa shape index (κ1) is 20.2. The molecule has 1 aliphatic heterocycles. The van der Waals surface area contributed by atoms with Gasteiger partial charge in [-0.3, -0.25) is 19.3 Å². The smallest absolute Gasteiger partial charge is 0.268 e. The number of fused-ring (bicyclic) bond motifs is 1. The fourth-order valence-corrected chi connectivity index (χ4v) is 4.10. The van der Waals surface area contributed by atoms with E-state index in [0.29, 0.717) is 23.4 Å². The van der Waals surface area contributed by atoms with Gasteiger partial charge in [-0.25, -0.2) is 0 Å². The monoisotopic (exact) mass is 410 g/mol. The molecule has 1 atom stereocenters. The summed E-state index contributed by atoms with van der Waals surface area (Å²) < 4.78 is 11.0. The van der Waals surface area contributed by atoms with Crippen molar-refractivity contribution in [2.45, 2.75) is 57.6 Å². The molecule has 7 nitrogen and oxygen atoms in total. The molecule has 7 heteroatoms. The Bertz CT molecular complexity index is 931. The van der Waals surface area contributed by atoms with Gasteiger partial charge in [0, 0.05) is 11.6 Å². The molecular weight excluding hydrogens is 384 g/mol. The molecule has 2 aliphatic rings. The van der Waals surface area contributed by atoms with Gasteiger partial charge in [0.2, 0.25) is 11.7 Å². The van der Waals surface area contributed by atoms with E-state index in [2.05, 4.69) is 5.32 Å². The summed E-state index contributed by atoms with van der Waals surface area (Å²) >= 11 is 0. The molecule has 2 amide bonds. The van der Waals surface area contributed by atoms with Crippen molar-refractivity contribution in [3.63, 3.8) is 0 Å². The number of carbonyl (C=O) groups is 3. The predicted octanol–water partition coefficient (Wildman–Crippen LogP) is 3.46. The summed E-state index contributed by atoms with van der Waals surface area (Å²) in [5.74, 6) is -0.0551. The van der Waals surface area contributed by atoms with Crippen LogP contribution in [0.1, 0.15) is 61.6 Å². The molecule has 2 aromatic rings. The number of carbonyl (C=O) groups excluding carboxylic acids is 3. The van der Waals surface area contributed by atoms with Crippen molar-refractivity contribution in [2.75, 3.05) is 11.4 Å². The van der Waals surface area contributed by atoms with Crippen LogP contribution in [0, 0.1) is 0 Å². The molecule has 0 radical (unpaired) electrons. The molecule has 0 spiro atoms. The Morgan fingerprint density at radius 3 is 2.67 bits per heavy atom. The summed E-state index contributed by atoms with van der Waals surface area (Å²) in [6, 6.07) is 8.31. The first-order valence-corrected chi connectivity index (χ1v) is 10.6. The van der Waals surface area contributed by atoms with Crippen molar-refractivity contribution in [3.8, 4) is 5.75 Å². The number of anilines is 1. The van der Waals surface area contributed by atoms with Crippen LogP contribution in [0.25, 0.3) is 0 Å². The lowest BCUT2D eigenvalue weighted by Gasteiger charge is -2.34. The number of hydrogen-bond acceptors (Lipinski definition) is 5. The van der Waals surface area contributed by atoms with Crippen LogP contribution < -0.4 is 15.0 Å². The van der Waals surface area contributed by atoms with Gasteiger partial charge in [-0.1, -0.05) is 26.2 Å². The molecule has 0 bridgehead atoms. The van der Waals surface area contributed by atoms with E-state index in [4.69, 9.17) is 9.15 Å². The molecule has 0 saturated heterocycles. The molecule has 2 heterocycles. The number of hydrogen-bond donors (Lipinski definition) is 1. The number of furan rings is 1. The van der Waals surface area contributed by atoms with Crippen LogP contribution in [0.2, 0.25) is 0 Å². The van der Waals surface area contributed by atoms with E-state index < -0.39 is 6.10 Å². The average Bonchev–Trinajstić information content (AvgIpc) is 3.30. The lowest BCUT2D eigenvalue weighted by Crippen LogP contribution is -2.51. The second-order valence-electron chi connectivity index (χ2n) is 7.83. The Hall–Kier alpha value is -3.09. The number of amides is 2. The third-order valence-corrected chi connectivity index (χ3v) is 5.71. The summed E-state index contributed by atoms with van der Waals surface area (Å²) in [7, 11) is 0. The van der Waals surface area contributed by atoms with E-state index in [1.54, 1.807) is 30.3 Å². The zero-order valence-electron chi connectivity index (χ0n) is 17.1. The number of nitrogens with zero attached hydrogens (tertiary/aromatic N) is 1. The summed E-state index contributed by atoms with van der Waals surface area (Å²) in [6.07, 6.45) is 6.65. The summed E-state index contributed by atoms with van der Waals surface area (Å²) in [5, 5.41) is 3.05. The second kappa shape index (κ2) is 8.73. The maximum Gasteiger partial charge on any atom is 0.268 e. The molecule has 4 rings (SSSR count). The Morgan fingerprint density at radius 2 is 1.97 bits per heavy atom. The van der Waals surface area contributed by atoms with Crippen LogP contribution in [0.3, 0.4) is 0 Å². The van der Waals surface area contributed by atoms with Crippen LogP contribution in [0.15, 0.2) is 41.0 Å². The fraction of sp³-hybridized carbons (Fsp3) is 0.435. The van der Waals surface area contributed by atoms with E-state index >= 15 is 0 Å². The Morgan fingerprint density at radius 1 is 1.17 bits per heavy atom. The Kier molecular flexibility index (Phi) is 5.88. The number of benzene rings is 1. The van der Waals surface area contributed by atoms with Crippen molar-refractivity contribution in [2.24, 2.45) is 0 Å². The highest BCUT2D eigenvalue weighted by Gasteiger charge is 2.35. The molecule has 1 aromatic carbocycles. The lowest BCUT2D eigenvalue weighted by molar-refractivity contribution is -0.129. The molecule has 158 valence electrons. The van der Waals surface area contributed by atoms with Gasteiger partial charge in [0.25, 0.3) is 5.91 Å². The maximum atomic E-state index is 13.0. The van der Waals surface area contributed by atoms with Crippen LogP contribution >= 0.6 is 0 Å². The van der Waals surface area contributed by atoms with Crippen molar-refractivity contribution < 1.29 is 23.5 Å². The normalized spacial score (nSPS) is 19.2. The number of ether oxygens (including phenoxy) is 1. The van der Waals surface area contributed by atoms with Gasteiger partial charge in [0.15, 0.2) is 11.9 Å². The largest absolute Gasteiger partial charge is 0.478 e. The first-order chi connectivity index (χ1) is 14.6. The Labute approximate surface area is 175 Å². The van der Waals surface area contributed by atoms with Gasteiger partial charge in [-0.2, -0.15) is 0 Å². The second-order valence-corrected chi connectivity index (χ2v) is 7.83. The summed E-state index contributed by atoms with van der Waals surface area (Å²) in [6.45, 7) is 1.77. The van der Waals surface area contributed by atoms with Crippen molar-refractivity contribution in [3.05, 3.63) is 47.9 Å². The van der Waals surface area contributed by atoms with Gasteiger partial charge < -0.3 is 14.5 Å². The average molecular weight is 410 g/mol. The Balaban J connectivity index is 1.59. The predicted molar refractivity (Wildman–Crippen MR) is 111 cm³/mol. The molecule has 1 fully saturated rings. The number of rotatable bonds is 6. The van der Waals surface area contributed by atoms with E-state index in [0.717, 1.165) is 25.7 Å². The zero-order chi connectivity index (χ0) is 21.1. The minimum absolute atomic E-state index is 0.0966. The van der Waals surface area contributed by atoms with E-state index in [1.165, 1.54) is 17.6 Å². The highest BCUT2D eigenvalue weighted by Crippen LogP contribution is 2.36. The third-order valence-electron chi connectivity index (χ3n) is 5.71. The van der Waals surface area contributed by atoms with Gasteiger partial charge in [0.05, 0.1) is 12.0 Å².